The summed E-state index contributed by atoms with van der Waals surface area (Å²) in [6, 6.07) is 9.24. The van der Waals surface area contributed by atoms with Gasteiger partial charge in [0.05, 0.1) is 12.7 Å². The third-order valence-electron chi connectivity index (χ3n) is 2.68. The highest BCUT2D eigenvalue weighted by Crippen LogP contribution is 2.09. The number of carbonyl (C=O) groups is 1. The van der Waals surface area contributed by atoms with Gasteiger partial charge in [0.2, 0.25) is 5.76 Å². The number of hydrogen-bond acceptors (Lipinski definition) is 4. The molecule has 0 radical (unpaired) electrons. The number of amides is 1. The number of carbonyl (C=O) groups excluding carboxylic acids is 1. The summed E-state index contributed by atoms with van der Waals surface area (Å²) in [5.74, 6) is 5.79. The van der Waals surface area contributed by atoms with E-state index in [0.29, 0.717) is 13.1 Å². The molecule has 2 N–H and O–H groups in total. The van der Waals surface area contributed by atoms with Gasteiger partial charge in [0.15, 0.2) is 0 Å². The van der Waals surface area contributed by atoms with E-state index in [2.05, 4.69) is 17.0 Å². The number of nitrogens with zero attached hydrogens (tertiary/aromatic N) is 2. The molecular formula is C15H15N3O2. The Balaban J connectivity index is 2.08. The second kappa shape index (κ2) is 6.55. The molecule has 0 saturated carbocycles. The molecule has 2 rings (SSSR count). The van der Waals surface area contributed by atoms with Gasteiger partial charge in [-0.1, -0.05) is 29.1 Å². The Morgan fingerprint density at radius 1 is 1.45 bits per heavy atom. The molecule has 1 aromatic heterocycles. The third-order valence-corrected chi connectivity index (χ3v) is 2.68. The van der Waals surface area contributed by atoms with Gasteiger partial charge in [0, 0.05) is 25.2 Å². The summed E-state index contributed by atoms with van der Waals surface area (Å²) in [5.41, 5.74) is 7.22. The maximum absolute atomic E-state index is 12.0. The van der Waals surface area contributed by atoms with Crippen LogP contribution in [-0.4, -0.2) is 29.6 Å². The van der Waals surface area contributed by atoms with Crippen molar-refractivity contribution in [1.82, 2.24) is 10.1 Å². The standard InChI is InChI=1S/C15H15N3O2/c1-18(15(19)14-7-9-17-20-14)11-13-5-2-4-12(10-13)6-3-8-16/h2,4-5,7,9-10H,8,11,16H2,1H3. The minimum absolute atomic E-state index is 0.207. The van der Waals surface area contributed by atoms with Gasteiger partial charge in [-0.05, 0) is 17.7 Å². The fourth-order valence-corrected chi connectivity index (χ4v) is 1.76. The van der Waals surface area contributed by atoms with Gasteiger partial charge >= 0.3 is 0 Å². The maximum atomic E-state index is 12.0. The summed E-state index contributed by atoms with van der Waals surface area (Å²) >= 11 is 0. The largest absolute Gasteiger partial charge is 0.351 e. The van der Waals surface area contributed by atoms with E-state index in [-0.39, 0.29) is 11.7 Å². The van der Waals surface area contributed by atoms with Crippen LogP contribution in [0.2, 0.25) is 0 Å². The van der Waals surface area contributed by atoms with Gasteiger partial charge in [0.1, 0.15) is 0 Å². The van der Waals surface area contributed by atoms with Crippen molar-refractivity contribution in [2.45, 2.75) is 6.54 Å². The highest BCUT2D eigenvalue weighted by atomic mass is 16.5. The lowest BCUT2D eigenvalue weighted by Gasteiger charge is -2.15. The highest BCUT2D eigenvalue weighted by molar-refractivity contribution is 5.91. The van der Waals surface area contributed by atoms with Crippen LogP contribution >= 0.6 is 0 Å². The van der Waals surface area contributed by atoms with Crippen LogP contribution < -0.4 is 5.73 Å². The second-order valence-corrected chi connectivity index (χ2v) is 4.24. The molecule has 0 spiro atoms. The molecule has 102 valence electrons. The third kappa shape index (κ3) is 3.46. The average molecular weight is 269 g/mol. The Morgan fingerprint density at radius 2 is 2.30 bits per heavy atom. The molecule has 0 aliphatic carbocycles. The Kier molecular flexibility index (Phi) is 4.53. The van der Waals surface area contributed by atoms with E-state index in [9.17, 15) is 4.79 Å². The van der Waals surface area contributed by atoms with Crippen LogP contribution in [0.4, 0.5) is 0 Å². The lowest BCUT2D eigenvalue weighted by atomic mass is 10.1. The first kappa shape index (κ1) is 13.8. The van der Waals surface area contributed by atoms with Crippen molar-refractivity contribution in [3.8, 4) is 11.8 Å². The SMILES string of the molecule is CN(Cc1cccc(C#CCN)c1)C(=O)c1ccno1. The number of aromatic nitrogens is 1. The van der Waals surface area contributed by atoms with Gasteiger partial charge < -0.3 is 15.2 Å². The van der Waals surface area contributed by atoms with E-state index in [1.54, 1.807) is 18.0 Å². The van der Waals surface area contributed by atoms with E-state index < -0.39 is 0 Å². The minimum atomic E-state index is -0.207. The zero-order valence-electron chi connectivity index (χ0n) is 11.2. The van der Waals surface area contributed by atoms with Crippen LogP contribution in [0.1, 0.15) is 21.7 Å². The van der Waals surface area contributed by atoms with E-state index in [1.165, 1.54) is 6.20 Å². The quantitative estimate of drug-likeness (QED) is 0.851. The minimum Gasteiger partial charge on any atom is -0.351 e. The van der Waals surface area contributed by atoms with Crippen LogP contribution in [0, 0.1) is 11.8 Å². The Labute approximate surface area is 117 Å². The van der Waals surface area contributed by atoms with Crippen LogP contribution in [0.25, 0.3) is 0 Å². The summed E-state index contributed by atoms with van der Waals surface area (Å²) in [5, 5.41) is 3.53. The van der Waals surface area contributed by atoms with E-state index >= 15 is 0 Å². The van der Waals surface area contributed by atoms with Crippen molar-refractivity contribution >= 4 is 5.91 Å². The molecular weight excluding hydrogens is 254 g/mol. The van der Waals surface area contributed by atoms with Gasteiger partial charge in [-0.25, -0.2) is 0 Å². The van der Waals surface area contributed by atoms with Gasteiger partial charge in [-0.15, -0.1) is 0 Å². The molecule has 0 atom stereocenters. The first-order valence-corrected chi connectivity index (χ1v) is 6.14. The summed E-state index contributed by atoms with van der Waals surface area (Å²) < 4.78 is 4.85. The van der Waals surface area contributed by atoms with Crippen molar-refractivity contribution in [2.24, 2.45) is 5.73 Å². The fraction of sp³-hybridized carbons (Fsp3) is 0.200. The molecule has 0 unspecified atom stereocenters. The Morgan fingerprint density at radius 3 is 3.00 bits per heavy atom. The zero-order valence-corrected chi connectivity index (χ0v) is 11.2. The average Bonchev–Trinajstić information content (AvgIpc) is 2.98. The monoisotopic (exact) mass is 269 g/mol. The molecule has 0 aliphatic rings. The van der Waals surface area contributed by atoms with Crippen molar-refractivity contribution in [2.75, 3.05) is 13.6 Å². The summed E-state index contributed by atoms with van der Waals surface area (Å²) in [7, 11) is 1.71. The first-order chi connectivity index (χ1) is 9.70. The smallest absolute Gasteiger partial charge is 0.292 e. The van der Waals surface area contributed by atoms with Gasteiger partial charge in [0.25, 0.3) is 5.91 Å². The molecule has 2 aromatic rings. The van der Waals surface area contributed by atoms with Crippen LogP contribution in [0.5, 0.6) is 0 Å². The van der Waals surface area contributed by atoms with Gasteiger partial charge in [-0.2, -0.15) is 0 Å². The van der Waals surface area contributed by atoms with Crippen molar-refractivity contribution in [1.29, 1.82) is 0 Å². The van der Waals surface area contributed by atoms with Crippen molar-refractivity contribution < 1.29 is 9.32 Å². The summed E-state index contributed by atoms with van der Waals surface area (Å²) in [4.78, 5) is 13.6. The molecule has 0 aliphatic heterocycles. The fourth-order valence-electron chi connectivity index (χ4n) is 1.76. The summed E-state index contributed by atoms with van der Waals surface area (Å²) in [6.07, 6.45) is 1.45. The van der Waals surface area contributed by atoms with Crippen molar-refractivity contribution in [3.05, 3.63) is 53.4 Å². The lowest BCUT2D eigenvalue weighted by Crippen LogP contribution is -2.25. The van der Waals surface area contributed by atoms with Crippen LogP contribution in [-0.2, 0) is 6.54 Å². The highest BCUT2D eigenvalue weighted by Gasteiger charge is 2.15. The zero-order chi connectivity index (χ0) is 14.4. The van der Waals surface area contributed by atoms with E-state index in [4.69, 9.17) is 10.3 Å². The molecule has 5 heteroatoms. The van der Waals surface area contributed by atoms with Crippen LogP contribution in [0.15, 0.2) is 41.1 Å². The Bertz CT molecular complexity index is 639. The van der Waals surface area contributed by atoms with E-state index in [0.717, 1.165) is 11.1 Å². The second-order valence-electron chi connectivity index (χ2n) is 4.24. The van der Waals surface area contributed by atoms with E-state index in [1.807, 2.05) is 24.3 Å². The molecule has 0 saturated heterocycles. The number of rotatable bonds is 3. The maximum Gasteiger partial charge on any atom is 0.292 e. The van der Waals surface area contributed by atoms with Crippen LogP contribution in [0.3, 0.4) is 0 Å². The molecule has 0 fully saturated rings. The number of nitrogens with two attached hydrogens (primary N) is 1. The molecule has 0 bridgehead atoms. The molecule has 1 heterocycles. The number of hydrogen-bond donors (Lipinski definition) is 1. The lowest BCUT2D eigenvalue weighted by molar-refractivity contribution is 0.0743. The molecule has 1 amide bonds. The normalized spacial score (nSPS) is 9.70. The predicted molar refractivity (Wildman–Crippen MR) is 74.7 cm³/mol. The van der Waals surface area contributed by atoms with Crippen molar-refractivity contribution in [3.63, 3.8) is 0 Å². The molecule has 20 heavy (non-hydrogen) atoms. The number of benzene rings is 1. The van der Waals surface area contributed by atoms with Gasteiger partial charge in [-0.3, -0.25) is 4.79 Å². The molecule has 5 nitrogen and oxygen atoms in total. The topological polar surface area (TPSA) is 72.4 Å². The predicted octanol–water partition coefficient (Wildman–Crippen LogP) is 1.26. The first-order valence-electron chi connectivity index (χ1n) is 6.14. The Hall–Kier alpha value is -2.58. The summed E-state index contributed by atoms with van der Waals surface area (Å²) in [6.45, 7) is 0.797. The molecule has 1 aromatic carbocycles.